The number of carbonyl (C=O) groups is 3. The molecule has 0 aromatic heterocycles. The van der Waals surface area contributed by atoms with E-state index in [1.807, 2.05) is 0 Å². The molecule has 0 saturated heterocycles. The van der Waals surface area contributed by atoms with Crippen LogP contribution in [0.4, 0.5) is 0 Å². The van der Waals surface area contributed by atoms with E-state index < -0.39 is 11.8 Å². The van der Waals surface area contributed by atoms with Gasteiger partial charge >= 0.3 is 11.9 Å². The number of hydrogen-bond acceptors (Lipinski definition) is 5. The lowest BCUT2D eigenvalue weighted by atomic mass is 9.68. The minimum Gasteiger partial charge on any atom is -0.465 e. The fourth-order valence-electron chi connectivity index (χ4n) is 5.57. The van der Waals surface area contributed by atoms with Gasteiger partial charge in [0.1, 0.15) is 0 Å². The van der Waals surface area contributed by atoms with Gasteiger partial charge in [0.15, 0.2) is 0 Å². The molecule has 5 nitrogen and oxygen atoms in total. The normalized spacial score (nSPS) is 25.8. The first-order valence-corrected chi connectivity index (χ1v) is 13.4. The molecule has 2 fully saturated rings. The molecule has 2 saturated carbocycles. The van der Waals surface area contributed by atoms with Crippen molar-refractivity contribution in [3.05, 3.63) is 0 Å². The maximum Gasteiger partial charge on any atom is 0.374 e. The van der Waals surface area contributed by atoms with Gasteiger partial charge in [-0.1, -0.05) is 45.4 Å². The van der Waals surface area contributed by atoms with Gasteiger partial charge in [0.05, 0.1) is 19.1 Å². The highest BCUT2D eigenvalue weighted by Gasteiger charge is 2.33. The predicted octanol–water partition coefficient (Wildman–Crippen LogP) is 6.42. The Balaban J connectivity index is 1.48. The molecule has 0 aromatic rings. The third-order valence-corrected chi connectivity index (χ3v) is 7.68. The summed E-state index contributed by atoms with van der Waals surface area (Å²) in [5.41, 5.74) is 0. The summed E-state index contributed by atoms with van der Waals surface area (Å²) >= 11 is 0. The second-order valence-corrected chi connectivity index (χ2v) is 10.2. The minimum atomic E-state index is -0.760. The van der Waals surface area contributed by atoms with Crippen molar-refractivity contribution in [1.82, 2.24) is 0 Å². The van der Waals surface area contributed by atoms with E-state index in [4.69, 9.17) is 9.47 Å². The van der Waals surface area contributed by atoms with E-state index in [0.29, 0.717) is 6.61 Å². The lowest BCUT2D eigenvalue weighted by Crippen LogP contribution is -2.29. The number of ketones is 1. The van der Waals surface area contributed by atoms with Crippen LogP contribution in [-0.4, -0.2) is 30.9 Å². The van der Waals surface area contributed by atoms with Gasteiger partial charge in [-0.3, -0.25) is 9.59 Å². The van der Waals surface area contributed by atoms with Crippen LogP contribution in [0.1, 0.15) is 117 Å². The fraction of sp³-hybridized carbons (Fsp3) is 0.889. The summed E-state index contributed by atoms with van der Waals surface area (Å²) in [5.74, 6) is 1.47. The van der Waals surface area contributed by atoms with Crippen molar-refractivity contribution >= 4 is 17.7 Å². The smallest absolute Gasteiger partial charge is 0.374 e. The Morgan fingerprint density at radius 1 is 0.688 bits per heavy atom. The third-order valence-electron chi connectivity index (χ3n) is 7.68. The number of hydrogen-bond donors (Lipinski definition) is 0. The molecular formula is C27H46O5. The van der Waals surface area contributed by atoms with Crippen LogP contribution >= 0.6 is 0 Å². The molecule has 0 amide bonds. The lowest BCUT2D eigenvalue weighted by molar-refractivity contribution is -0.153. The lowest BCUT2D eigenvalue weighted by Gasteiger charge is -2.37. The molecule has 0 radical (unpaired) electrons. The molecular weight excluding hydrogens is 404 g/mol. The number of esters is 2. The van der Waals surface area contributed by atoms with Crippen LogP contribution in [0.2, 0.25) is 0 Å². The highest BCUT2D eigenvalue weighted by atomic mass is 16.5. The quantitative estimate of drug-likeness (QED) is 0.174. The molecule has 0 bridgehead atoms. The molecule has 184 valence electrons. The van der Waals surface area contributed by atoms with Crippen LogP contribution in [-0.2, 0) is 23.9 Å². The number of carbonyl (C=O) groups excluding carboxylic acids is 3. The first-order valence-electron chi connectivity index (χ1n) is 13.4. The van der Waals surface area contributed by atoms with Crippen molar-refractivity contribution < 1.29 is 23.9 Å². The molecule has 2 aliphatic carbocycles. The third kappa shape index (κ3) is 10.0. The van der Waals surface area contributed by atoms with Gasteiger partial charge in [0, 0.05) is 6.92 Å². The van der Waals surface area contributed by atoms with Gasteiger partial charge in [-0.25, -0.2) is 4.79 Å². The van der Waals surface area contributed by atoms with Crippen molar-refractivity contribution in [2.24, 2.45) is 23.7 Å². The first-order chi connectivity index (χ1) is 15.5. The SMILES string of the molecule is CCCCCC1CCC(C2CCC(C(=O)OCCCCCCOC(=O)C(C)=O)CC2)CC1. The molecule has 0 aliphatic heterocycles. The predicted molar refractivity (Wildman–Crippen MR) is 126 cm³/mol. The molecule has 0 atom stereocenters. The van der Waals surface area contributed by atoms with Crippen LogP contribution in [0.3, 0.4) is 0 Å². The highest BCUT2D eigenvalue weighted by Crippen LogP contribution is 2.42. The summed E-state index contributed by atoms with van der Waals surface area (Å²) in [6, 6.07) is 0. The average Bonchev–Trinajstić information content (AvgIpc) is 2.81. The first kappa shape index (κ1) is 26.9. The van der Waals surface area contributed by atoms with E-state index in [0.717, 1.165) is 56.3 Å². The van der Waals surface area contributed by atoms with E-state index in [-0.39, 0.29) is 18.5 Å². The van der Waals surface area contributed by atoms with Crippen LogP contribution in [0, 0.1) is 23.7 Å². The Morgan fingerprint density at radius 2 is 1.25 bits per heavy atom. The zero-order valence-electron chi connectivity index (χ0n) is 20.6. The van der Waals surface area contributed by atoms with Crippen LogP contribution in [0.5, 0.6) is 0 Å². The van der Waals surface area contributed by atoms with E-state index >= 15 is 0 Å². The number of unbranched alkanes of at least 4 members (excludes halogenated alkanes) is 5. The zero-order chi connectivity index (χ0) is 23.2. The number of ether oxygens (including phenoxy) is 2. The number of Topliss-reactive ketones (excluding diaryl/α,β-unsaturated/α-hetero) is 1. The van der Waals surface area contributed by atoms with Crippen LogP contribution in [0.15, 0.2) is 0 Å². The molecule has 0 N–H and O–H groups in total. The molecule has 2 aliphatic rings. The maximum absolute atomic E-state index is 12.4. The molecule has 0 heterocycles. The summed E-state index contributed by atoms with van der Waals surface area (Å²) < 4.78 is 10.4. The van der Waals surface area contributed by atoms with Crippen LogP contribution < -0.4 is 0 Å². The molecule has 0 spiro atoms. The van der Waals surface area contributed by atoms with Gasteiger partial charge in [-0.15, -0.1) is 0 Å². The van der Waals surface area contributed by atoms with E-state index in [1.54, 1.807) is 0 Å². The van der Waals surface area contributed by atoms with Gasteiger partial charge in [-0.05, 0) is 82.0 Å². The number of rotatable bonds is 14. The van der Waals surface area contributed by atoms with Gasteiger partial charge in [0.2, 0.25) is 5.78 Å². The monoisotopic (exact) mass is 450 g/mol. The van der Waals surface area contributed by atoms with Gasteiger partial charge < -0.3 is 9.47 Å². The standard InChI is InChI=1S/C27H46O5/c1-3-4-7-10-22-11-13-23(14-12-22)24-15-17-25(18-16-24)27(30)32-20-9-6-5-8-19-31-26(29)21(2)28/h22-25H,3-20H2,1-2H3. The largest absolute Gasteiger partial charge is 0.465 e. The Hall–Kier alpha value is -1.39. The van der Waals surface area contributed by atoms with E-state index in [2.05, 4.69) is 6.92 Å². The van der Waals surface area contributed by atoms with Crippen molar-refractivity contribution in [3.8, 4) is 0 Å². The average molecular weight is 451 g/mol. The summed E-state index contributed by atoms with van der Waals surface area (Å²) in [6.45, 7) is 4.26. The Kier molecular flexibility index (Phi) is 13.0. The maximum atomic E-state index is 12.4. The molecule has 32 heavy (non-hydrogen) atoms. The van der Waals surface area contributed by atoms with Crippen LogP contribution in [0.25, 0.3) is 0 Å². The topological polar surface area (TPSA) is 69.7 Å². The summed E-state index contributed by atoms with van der Waals surface area (Å²) in [5, 5.41) is 0. The highest BCUT2D eigenvalue weighted by molar-refractivity contribution is 6.32. The fourth-order valence-corrected chi connectivity index (χ4v) is 5.57. The zero-order valence-corrected chi connectivity index (χ0v) is 20.6. The minimum absolute atomic E-state index is 0.00142. The van der Waals surface area contributed by atoms with Gasteiger partial charge in [0.25, 0.3) is 0 Å². The van der Waals surface area contributed by atoms with Crippen molar-refractivity contribution in [3.63, 3.8) is 0 Å². The van der Waals surface area contributed by atoms with Crippen molar-refractivity contribution in [1.29, 1.82) is 0 Å². The van der Waals surface area contributed by atoms with Crippen molar-refractivity contribution in [2.45, 2.75) is 117 Å². The molecule has 2 rings (SSSR count). The van der Waals surface area contributed by atoms with Gasteiger partial charge in [-0.2, -0.15) is 0 Å². The Morgan fingerprint density at radius 3 is 1.81 bits per heavy atom. The molecule has 0 unspecified atom stereocenters. The molecule has 0 aromatic carbocycles. The summed E-state index contributed by atoms with van der Waals surface area (Å²) in [4.78, 5) is 34.2. The second-order valence-electron chi connectivity index (χ2n) is 10.2. The summed E-state index contributed by atoms with van der Waals surface area (Å²) in [6.07, 6.45) is 19.0. The summed E-state index contributed by atoms with van der Waals surface area (Å²) in [7, 11) is 0. The Labute approximate surface area is 195 Å². The Bertz CT molecular complexity index is 556. The second kappa shape index (κ2) is 15.4. The van der Waals surface area contributed by atoms with E-state index in [9.17, 15) is 14.4 Å². The molecule has 5 heteroatoms. The van der Waals surface area contributed by atoms with E-state index in [1.165, 1.54) is 71.1 Å². The van der Waals surface area contributed by atoms with Crippen molar-refractivity contribution in [2.75, 3.05) is 13.2 Å².